The van der Waals surface area contributed by atoms with Crippen molar-refractivity contribution in [3.8, 4) is 23.0 Å². The quantitative estimate of drug-likeness (QED) is 0.386. The Morgan fingerprint density at radius 3 is 2.38 bits per heavy atom. The molecule has 9 nitrogen and oxygen atoms in total. The second-order valence-electron chi connectivity index (χ2n) is 8.32. The fourth-order valence-electron chi connectivity index (χ4n) is 4.21. The zero-order valence-corrected chi connectivity index (χ0v) is 20.3. The number of benzene rings is 3. The van der Waals surface area contributed by atoms with Crippen LogP contribution in [0.3, 0.4) is 0 Å². The molecule has 37 heavy (non-hydrogen) atoms. The Hall–Kier alpha value is -4.79. The molecule has 0 atom stereocenters. The van der Waals surface area contributed by atoms with Gasteiger partial charge in [-0.3, -0.25) is 14.4 Å². The summed E-state index contributed by atoms with van der Waals surface area (Å²) in [5, 5.41) is 3.07. The van der Waals surface area contributed by atoms with Crippen LogP contribution in [-0.4, -0.2) is 43.7 Å². The molecule has 2 heterocycles. The number of hydrogen-bond donors (Lipinski definition) is 1. The van der Waals surface area contributed by atoms with Crippen LogP contribution in [0.5, 0.6) is 23.0 Å². The summed E-state index contributed by atoms with van der Waals surface area (Å²) >= 11 is 0. The maximum Gasteiger partial charge on any atom is 0.244 e. The Bertz CT molecular complexity index is 1560. The minimum Gasteiger partial charge on any atom is -0.497 e. The Labute approximate surface area is 212 Å². The lowest BCUT2D eigenvalue weighted by Crippen LogP contribution is -2.25. The van der Waals surface area contributed by atoms with Gasteiger partial charge in [-0.25, -0.2) is 0 Å². The van der Waals surface area contributed by atoms with Crippen molar-refractivity contribution >= 4 is 28.3 Å². The van der Waals surface area contributed by atoms with E-state index in [1.165, 1.54) is 20.4 Å². The molecule has 0 radical (unpaired) electrons. The summed E-state index contributed by atoms with van der Waals surface area (Å²) < 4.78 is 23.5. The lowest BCUT2D eigenvalue weighted by atomic mass is 10.0. The first-order valence-electron chi connectivity index (χ1n) is 11.6. The van der Waals surface area contributed by atoms with E-state index in [4.69, 9.17) is 18.9 Å². The second kappa shape index (κ2) is 10.1. The number of ether oxygens (including phenoxy) is 4. The zero-order chi connectivity index (χ0) is 25.9. The first kappa shape index (κ1) is 23.9. The predicted octanol–water partition coefficient (Wildman–Crippen LogP) is 3.66. The van der Waals surface area contributed by atoms with Crippen molar-refractivity contribution < 1.29 is 28.5 Å². The lowest BCUT2D eigenvalue weighted by Gasteiger charge is -2.20. The second-order valence-corrected chi connectivity index (χ2v) is 8.32. The highest BCUT2D eigenvalue weighted by Crippen LogP contribution is 2.34. The molecule has 4 aromatic rings. The van der Waals surface area contributed by atoms with Crippen molar-refractivity contribution in [3.63, 3.8) is 0 Å². The van der Waals surface area contributed by atoms with Gasteiger partial charge in [-0.1, -0.05) is 30.3 Å². The van der Waals surface area contributed by atoms with E-state index >= 15 is 0 Å². The van der Waals surface area contributed by atoms with Crippen LogP contribution in [0.15, 0.2) is 71.7 Å². The number of anilines is 1. The standard InChI is InChI=1S/C28H24N2O7/c1-34-18-8-9-21(23(12-18)35-2)29-26(31)16-30-15-20(27(32)17-6-4-3-5-7-17)28(33)19-13-24-25(14-22(19)30)37-11-10-36-24/h3-9,12-15H,10-11,16H2,1-2H3,(H,29,31). The van der Waals surface area contributed by atoms with Gasteiger partial charge in [-0.2, -0.15) is 0 Å². The molecule has 0 bridgehead atoms. The summed E-state index contributed by atoms with van der Waals surface area (Å²) in [5.41, 5.74) is 0.763. The molecule has 1 aliphatic heterocycles. The molecule has 0 fully saturated rings. The van der Waals surface area contributed by atoms with E-state index in [0.29, 0.717) is 53.0 Å². The van der Waals surface area contributed by atoms with Crippen molar-refractivity contribution in [1.82, 2.24) is 4.57 Å². The molecule has 3 aromatic carbocycles. The van der Waals surface area contributed by atoms with Gasteiger partial charge in [0, 0.05) is 23.9 Å². The van der Waals surface area contributed by atoms with E-state index in [0.717, 1.165) is 0 Å². The third-order valence-electron chi connectivity index (χ3n) is 6.02. The van der Waals surface area contributed by atoms with E-state index in [2.05, 4.69) is 5.32 Å². The van der Waals surface area contributed by atoms with Crippen molar-refractivity contribution in [2.75, 3.05) is 32.8 Å². The molecule has 1 N–H and O–H groups in total. The van der Waals surface area contributed by atoms with Crippen LogP contribution in [0, 0.1) is 0 Å². The molecule has 0 saturated heterocycles. The molecule has 1 aliphatic rings. The van der Waals surface area contributed by atoms with Crippen LogP contribution < -0.4 is 29.7 Å². The van der Waals surface area contributed by atoms with Gasteiger partial charge in [0.15, 0.2) is 17.3 Å². The molecular weight excluding hydrogens is 476 g/mol. The van der Waals surface area contributed by atoms with Gasteiger partial charge in [0.25, 0.3) is 0 Å². The van der Waals surface area contributed by atoms with E-state index in [1.807, 2.05) is 0 Å². The Morgan fingerprint density at radius 1 is 0.946 bits per heavy atom. The Kier molecular flexibility index (Phi) is 6.51. The molecule has 5 rings (SSSR count). The van der Waals surface area contributed by atoms with Crippen LogP contribution >= 0.6 is 0 Å². The number of nitrogens with one attached hydrogen (secondary N) is 1. The fraction of sp³-hybridized carbons (Fsp3) is 0.179. The third-order valence-corrected chi connectivity index (χ3v) is 6.02. The Balaban J connectivity index is 1.57. The highest BCUT2D eigenvalue weighted by Gasteiger charge is 2.22. The van der Waals surface area contributed by atoms with Gasteiger partial charge in [0.05, 0.1) is 36.4 Å². The van der Waals surface area contributed by atoms with Crippen LogP contribution in [0.4, 0.5) is 5.69 Å². The average Bonchev–Trinajstić information content (AvgIpc) is 2.94. The molecule has 9 heteroatoms. The number of amides is 1. The lowest BCUT2D eigenvalue weighted by molar-refractivity contribution is -0.116. The molecule has 0 aliphatic carbocycles. The number of nitrogens with zero attached hydrogens (tertiary/aromatic N) is 1. The van der Waals surface area contributed by atoms with E-state index in [1.54, 1.807) is 65.2 Å². The van der Waals surface area contributed by atoms with Gasteiger partial charge >= 0.3 is 0 Å². The smallest absolute Gasteiger partial charge is 0.244 e. The average molecular weight is 501 g/mol. The monoisotopic (exact) mass is 500 g/mol. The summed E-state index contributed by atoms with van der Waals surface area (Å²) in [6.45, 7) is 0.535. The van der Waals surface area contributed by atoms with E-state index in [9.17, 15) is 14.4 Å². The van der Waals surface area contributed by atoms with E-state index in [-0.39, 0.29) is 23.4 Å². The number of carbonyl (C=O) groups excluding carboxylic acids is 2. The van der Waals surface area contributed by atoms with Gasteiger partial charge in [0.2, 0.25) is 11.3 Å². The SMILES string of the molecule is COc1ccc(NC(=O)Cn2cc(C(=O)c3ccccc3)c(=O)c3cc4c(cc32)OCCO4)c(OC)c1. The first-order valence-corrected chi connectivity index (χ1v) is 11.6. The highest BCUT2D eigenvalue weighted by atomic mass is 16.6. The molecule has 0 saturated carbocycles. The van der Waals surface area contributed by atoms with Gasteiger partial charge in [-0.05, 0) is 18.2 Å². The Morgan fingerprint density at radius 2 is 1.68 bits per heavy atom. The van der Waals surface area contributed by atoms with Gasteiger partial charge < -0.3 is 28.8 Å². The van der Waals surface area contributed by atoms with Crippen molar-refractivity contribution in [1.29, 1.82) is 0 Å². The molecular formula is C28H24N2O7. The van der Waals surface area contributed by atoms with Gasteiger partial charge in [-0.15, -0.1) is 0 Å². The molecule has 188 valence electrons. The van der Waals surface area contributed by atoms with Crippen molar-refractivity contribution in [3.05, 3.63) is 88.2 Å². The third kappa shape index (κ3) is 4.71. The number of carbonyl (C=O) groups is 2. The highest BCUT2D eigenvalue weighted by molar-refractivity contribution is 6.10. The molecule has 0 spiro atoms. The summed E-state index contributed by atoms with van der Waals surface area (Å²) in [5.74, 6) is 1.06. The maximum absolute atomic E-state index is 13.4. The largest absolute Gasteiger partial charge is 0.497 e. The molecule has 0 unspecified atom stereocenters. The zero-order valence-electron chi connectivity index (χ0n) is 20.3. The van der Waals surface area contributed by atoms with Gasteiger partial charge in [0.1, 0.15) is 31.3 Å². The number of aromatic nitrogens is 1. The van der Waals surface area contributed by atoms with Crippen LogP contribution in [0.1, 0.15) is 15.9 Å². The normalized spacial score (nSPS) is 12.2. The van der Waals surface area contributed by atoms with Crippen LogP contribution in [0.2, 0.25) is 0 Å². The number of methoxy groups -OCH3 is 2. The number of rotatable bonds is 7. The summed E-state index contributed by atoms with van der Waals surface area (Å²) in [4.78, 5) is 39.9. The van der Waals surface area contributed by atoms with Crippen LogP contribution in [-0.2, 0) is 11.3 Å². The minimum absolute atomic E-state index is 0.0507. The molecule has 1 aromatic heterocycles. The first-order chi connectivity index (χ1) is 18.0. The molecule has 1 amide bonds. The van der Waals surface area contributed by atoms with Crippen molar-refractivity contribution in [2.24, 2.45) is 0 Å². The van der Waals surface area contributed by atoms with E-state index < -0.39 is 11.2 Å². The number of fused-ring (bicyclic) bond motifs is 2. The van der Waals surface area contributed by atoms with Crippen LogP contribution in [0.25, 0.3) is 10.9 Å². The van der Waals surface area contributed by atoms with Crippen molar-refractivity contribution in [2.45, 2.75) is 6.54 Å². The topological polar surface area (TPSA) is 105 Å². The summed E-state index contributed by atoms with van der Waals surface area (Å²) in [7, 11) is 3.03. The summed E-state index contributed by atoms with van der Waals surface area (Å²) in [6.07, 6.45) is 1.42. The fourth-order valence-corrected chi connectivity index (χ4v) is 4.21. The predicted molar refractivity (Wildman–Crippen MR) is 137 cm³/mol. The number of ketones is 1. The minimum atomic E-state index is -0.450. The summed E-state index contributed by atoms with van der Waals surface area (Å²) in [6, 6.07) is 16.8. The maximum atomic E-state index is 13.4. The number of pyridine rings is 1. The number of hydrogen-bond acceptors (Lipinski definition) is 7.